The van der Waals surface area contributed by atoms with Gasteiger partial charge in [-0.05, 0) is 60.0 Å². The van der Waals surface area contributed by atoms with Gasteiger partial charge in [-0.1, -0.05) is 12.8 Å². The van der Waals surface area contributed by atoms with Crippen molar-refractivity contribution >= 4 is 27.3 Å². The first kappa shape index (κ1) is 12.6. The van der Waals surface area contributed by atoms with Gasteiger partial charge in [-0.3, -0.25) is 0 Å². The topological polar surface area (TPSA) is 12.0 Å². The van der Waals surface area contributed by atoms with Crippen LogP contribution in [0.15, 0.2) is 15.9 Å². The Hall–Kier alpha value is 0.140. The second-order valence-electron chi connectivity index (χ2n) is 4.85. The molecule has 1 unspecified atom stereocenters. The summed E-state index contributed by atoms with van der Waals surface area (Å²) in [5.41, 5.74) is 0. The van der Waals surface area contributed by atoms with Crippen molar-refractivity contribution in [2.75, 3.05) is 0 Å². The third-order valence-electron chi connectivity index (χ3n) is 3.66. The van der Waals surface area contributed by atoms with Gasteiger partial charge < -0.3 is 5.32 Å². The Balaban J connectivity index is 1.91. The van der Waals surface area contributed by atoms with Gasteiger partial charge in [0.2, 0.25) is 0 Å². The van der Waals surface area contributed by atoms with E-state index in [1.807, 2.05) is 11.3 Å². The Morgan fingerprint density at radius 3 is 2.62 bits per heavy atom. The lowest BCUT2D eigenvalue weighted by atomic mass is 9.99. The van der Waals surface area contributed by atoms with E-state index in [4.69, 9.17) is 0 Å². The van der Waals surface area contributed by atoms with Crippen molar-refractivity contribution in [3.63, 3.8) is 0 Å². The van der Waals surface area contributed by atoms with E-state index >= 15 is 0 Å². The monoisotopic (exact) mass is 301 g/mol. The molecule has 0 aromatic carbocycles. The van der Waals surface area contributed by atoms with E-state index in [0.29, 0.717) is 12.1 Å². The van der Waals surface area contributed by atoms with Gasteiger partial charge in [-0.2, -0.15) is 0 Å². The summed E-state index contributed by atoms with van der Waals surface area (Å²) in [6, 6.07) is 3.25. The Morgan fingerprint density at radius 2 is 2.06 bits per heavy atom. The van der Waals surface area contributed by atoms with Crippen LogP contribution in [0.3, 0.4) is 0 Å². The van der Waals surface area contributed by atoms with Gasteiger partial charge in [0, 0.05) is 21.4 Å². The van der Waals surface area contributed by atoms with Gasteiger partial charge >= 0.3 is 0 Å². The molecule has 1 aromatic rings. The molecular formula is C13H20BrNS. The number of nitrogens with one attached hydrogen (secondary N) is 1. The minimum Gasteiger partial charge on any atom is -0.307 e. The molecule has 0 bridgehead atoms. The van der Waals surface area contributed by atoms with E-state index < -0.39 is 0 Å². The molecule has 0 saturated heterocycles. The molecule has 0 spiro atoms. The Morgan fingerprint density at radius 1 is 1.38 bits per heavy atom. The molecule has 2 atom stereocenters. The van der Waals surface area contributed by atoms with Gasteiger partial charge in [0.15, 0.2) is 0 Å². The van der Waals surface area contributed by atoms with Crippen molar-refractivity contribution < 1.29 is 0 Å². The van der Waals surface area contributed by atoms with Crippen LogP contribution in [0, 0.1) is 5.92 Å². The normalized spacial score (nSPS) is 21.2. The fourth-order valence-electron chi connectivity index (χ4n) is 2.68. The van der Waals surface area contributed by atoms with Crippen LogP contribution in [0.5, 0.6) is 0 Å². The SMILES string of the molecule is CC(N[C@H](C)C1CCCC1)c1sccc1Br. The standard InChI is InChI=1S/C13H20BrNS/c1-9(11-5-3-4-6-11)15-10(2)13-12(14)7-8-16-13/h7-11,15H,3-6H2,1-2H3/t9-,10?/m1/s1. The summed E-state index contributed by atoms with van der Waals surface area (Å²) < 4.78 is 1.25. The zero-order chi connectivity index (χ0) is 11.5. The molecule has 1 N–H and O–H groups in total. The van der Waals surface area contributed by atoms with Crippen LogP contribution in [0.25, 0.3) is 0 Å². The molecule has 16 heavy (non-hydrogen) atoms. The number of rotatable bonds is 4. The molecule has 1 aromatic heterocycles. The summed E-state index contributed by atoms with van der Waals surface area (Å²) in [5, 5.41) is 5.90. The number of hydrogen-bond donors (Lipinski definition) is 1. The summed E-state index contributed by atoms with van der Waals surface area (Å²) in [4.78, 5) is 1.42. The van der Waals surface area contributed by atoms with E-state index in [2.05, 4.69) is 46.5 Å². The van der Waals surface area contributed by atoms with Crippen molar-refractivity contribution in [3.8, 4) is 0 Å². The van der Waals surface area contributed by atoms with E-state index in [1.165, 1.54) is 35.0 Å². The van der Waals surface area contributed by atoms with Crippen LogP contribution in [-0.2, 0) is 0 Å². The van der Waals surface area contributed by atoms with E-state index in [-0.39, 0.29) is 0 Å². The van der Waals surface area contributed by atoms with Crippen molar-refractivity contribution in [1.82, 2.24) is 5.32 Å². The van der Waals surface area contributed by atoms with Gasteiger partial charge in [-0.15, -0.1) is 11.3 Å². The highest BCUT2D eigenvalue weighted by atomic mass is 79.9. The van der Waals surface area contributed by atoms with Crippen molar-refractivity contribution in [3.05, 3.63) is 20.8 Å². The van der Waals surface area contributed by atoms with Gasteiger partial charge in [0.1, 0.15) is 0 Å². The molecule has 0 radical (unpaired) electrons. The lowest BCUT2D eigenvalue weighted by Gasteiger charge is -2.24. The lowest BCUT2D eigenvalue weighted by molar-refractivity contribution is 0.354. The average molecular weight is 302 g/mol. The molecule has 2 rings (SSSR count). The molecular weight excluding hydrogens is 282 g/mol. The van der Waals surface area contributed by atoms with Crippen LogP contribution in [0.2, 0.25) is 0 Å². The highest BCUT2D eigenvalue weighted by molar-refractivity contribution is 9.10. The van der Waals surface area contributed by atoms with Gasteiger partial charge in [-0.25, -0.2) is 0 Å². The molecule has 1 nitrogen and oxygen atoms in total. The first-order valence-corrected chi connectivity index (χ1v) is 7.84. The van der Waals surface area contributed by atoms with Crippen LogP contribution in [0.4, 0.5) is 0 Å². The van der Waals surface area contributed by atoms with Crippen LogP contribution < -0.4 is 5.32 Å². The predicted molar refractivity (Wildman–Crippen MR) is 75.0 cm³/mol. The summed E-state index contributed by atoms with van der Waals surface area (Å²) in [6.07, 6.45) is 5.67. The number of thiophene rings is 1. The van der Waals surface area contributed by atoms with Crippen LogP contribution >= 0.6 is 27.3 Å². The van der Waals surface area contributed by atoms with Crippen molar-refractivity contribution in [2.45, 2.75) is 51.6 Å². The molecule has 1 fully saturated rings. The van der Waals surface area contributed by atoms with E-state index in [0.717, 1.165) is 5.92 Å². The fourth-order valence-corrected chi connectivity index (χ4v) is 4.41. The smallest absolute Gasteiger partial charge is 0.0399 e. The Labute approximate surface area is 111 Å². The van der Waals surface area contributed by atoms with Crippen molar-refractivity contribution in [2.24, 2.45) is 5.92 Å². The summed E-state index contributed by atoms with van der Waals surface area (Å²) in [6.45, 7) is 4.61. The zero-order valence-electron chi connectivity index (χ0n) is 10.0. The Kier molecular flexibility index (Phi) is 4.45. The number of halogens is 1. The quantitative estimate of drug-likeness (QED) is 0.847. The van der Waals surface area contributed by atoms with Crippen LogP contribution in [0.1, 0.15) is 50.4 Å². The fraction of sp³-hybridized carbons (Fsp3) is 0.692. The maximum Gasteiger partial charge on any atom is 0.0399 e. The van der Waals surface area contributed by atoms with E-state index in [9.17, 15) is 0 Å². The zero-order valence-corrected chi connectivity index (χ0v) is 12.4. The minimum atomic E-state index is 0.463. The molecule has 1 saturated carbocycles. The van der Waals surface area contributed by atoms with Gasteiger partial charge in [0.05, 0.1) is 0 Å². The third kappa shape index (κ3) is 2.88. The van der Waals surface area contributed by atoms with Crippen LogP contribution in [-0.4, -0.2) is 6.04 Å². The predicted octanol–water partition coefficient (Wildman–Crippen LogP) is 4.74. The molecule has 3 heteroatoms. The second kappa shape index (κ2) is 5.65. The summed E-state index contributed by atoms with van der Waals surface area (Å²) in [5.74, 6) is 0.890. The molecule has 0 aliphatic heterocycles. The van der Waals surface area contributed by atoms with Crippen molar-refractivity contribution in [1.29, 1.82) is 0 Å². The lowest BCUT2D eigenvalue weighted by Crippen LogP contribution is -2.34. The third-order valence-corrected chi connectivity index (χ3v) is 5.71. The highest BCUT2D eigenvalue weighted by Gasteiger charge is 2.23. The highest BCUT2D eigenvalue weighted by Crippen LogP contribution is 2.32. The first-order valence-electron chi connectivity index (χ1n) is 6.17. The molecule has 0 amide bonds. The second-order valence-corrected chi connectivity index (χ2v) is 6.66. The minimum absolute atomic E-state index is 0.463. The van der Waals surface area contributed by atoms with E-state index in [1.54, 1.807) is 0 Å². The first-order chi connectivity index (χ1) is 7.68. The summed E-state index contributed by atoms with van der Waals surface area (Å²) >= 11 is 5.44. The molecule has 1 aliphatic rings. The maximum atomic E-state index is 3.75. The number of hydrogen-bond acceptors (Lipinski definition) is 2. The summed E-state index contributed by atoms with van der Waals surface area (Å²) in [7, 11) is 0. The largest absolute Gasteiger partial charge is 0.307 e. The average Bonchev–Trinajstić information content (AvgIpc) is 2.86. The Bertz CT molecular complexity index is 330. The molecule has 1 heterocycles. The molecule has 1 aliphatic carbocycles. The maximum absolute atomic E-state index is 3.75. The molecule has 90 valence electrons. The van der Waals surface area contributed by atoms with Gasteiger partial charge in [0.25, 0.3) is 0 Å².